The zero-order valence-corrected chi connectivity index (χ0v) is 6.10. The van der Waals surface area contributed by atoms with Crippen molar-refractivity contribution < 1.29 is 4.79 Å². The van der Waals surface area contributed by atoms with Crippen LogP contribution in [0.5, 0.6) is 0 Å². The van der Waals surface area contributed by atoms with Crippen LogP contribution in [-0.4, -0.2) is 28.9 Å². The quantitative estimate of drug-likeness (QED) is 0.555. The molecule has 0 radical (unpaired) electrons. The summed E-state index contributed by atoms with van der Waals surface area (Å²) in [6.07, 6.45) is 0. The van der Waals surface area contributed by atoms with E-state index in [0.29, 0.717) is 5.69 Å². The summed E-state index contributed by atoms with van der Waals surface area (Å²) >= 11 is 1.45. The van der Waals surface area contributed by atoms with Crippen molar-refractivity contribution in [2.75, 3.05) is 13.1 Å². The Balaban J connectivity index is 2.19. The van der Waals surface area contributed by atoms with E-state index in [9.17, 15) is 4.79 Å². The van der Waals surface area contributed by atoms with Crippen LogP contribution in [0.3, 0.4) is 0 Å². The predicted molar refractivity (Wildman–Crippen MR) is 38.0 cm³/mol. The molecule has 52 valence electrons. The van der Waals surface area contributed by atoms with E-state index < -0.39 is 0 Å². The van der Waals surface area contributed by atoms with Gasteiger partial charge in [-0.15, -0.1) is 11.3 Å². The molecule has 1 aromatic heterocycles. The van der Waals surface area contributed by atoms with Gasteiger partial charge in [0.15, 0.2) is 0 Å². The third-order valence-electron chi connectivity index (χ3n) is 1.39. The Hall–Kier alpha value is -0.900. The smallest absolute Gasteiger partial charge is 0.273 e. The van der Waals surface area contributed by atoms with Gasteiger partial charge >= 0.3 is 0 Å². The van der Waals surface area contributed by atoms with E-state index in [1.165, 1.54) is 11.3 Å². The number of thiazole rings is 1. The van der Waals surface area contributed by atoms with Crippen LogP contribution in [-0.2, 0) is 0 Å². The lowest BCUT2D eigenvalue weighted by Gasteiger charge is -1.93. The van der Waals surface area contributed by atoms with Gasteiger partial charge in [-0.2, -0.15) is 0 Å². The number of aromatic nitrogens is 1. The molecule has 0 bridgehead atoms. The van der Waals surface area contributed by atoms with E-state index in [4.69, 9.17) is 0 Å². The van der Waals surface area contributed by atoms with Crippen molar-refractivity contribution in [3.8, 4) is 0 Å². The molecule has 10 heavy (non-hydrogen) atoms. The number of hydrogen-bond acceptors (Lipinski definition) is 3. The first-order valence-electron chi connectivity index (χ1n) is 3.05. The maximum Gasteiger partial charge on any atom is 0.273 e. The monoisotopic (exact) mass is 154 g/mol. The molecule has 0 N–H and O–H groups in total. The fourth-order valence-electron chi connectivity index (χ4n) is 0.733. The molecule has 1 fully saturated rings. The van der Waals surface area contributed by atoms with E-state index >= 15 is 0 Å². The fraction of sp³-hybridized carbons (Fsp3) is 0.333. The lowest BCUT2D eigenvalue weighted by molar-refractivity contribution is 0.0881. The molecule has 1 aromatic rings. The zero-order valence-electron chi connectivity index (χ0n) is 5.28. The van der Waals surface area contributed by atoms with Gasteiger partial charge in [0.25, 0.3) is 5.91 Å². The molecule has 0 unspecified atom stereocenters. The highest BCUT2D eigenvalue weighted by Crippen LogP contribution is 2.11. The van der Waals surface area contributed by atoms with Crippen molar-refractivity contribution >= 4 is 17.2 Å². The maximum atomic E-state index is 11.1. The van der Waals surface area contributed by atoms with Crippen LogP contribution in [0, 0.1) is 0 Å². The van der Waals surface area contributed by atoms with E-state index in [1.807, 2.05) is 0 Å². The van der Waals surface area contributed by atoms with Gasteiger partial charge in [0.2, 0.25) is 0 Å². The van der Waals surface area contributed by atoms with Crippen molar-refractivity contribution in [2.45, 2.75) is 0 Å². The van der Waals surface area contributed by atoms with Gasteiger partial charge in [-0.3, -0.25) is 4.79 Å². The molecule has 0 aromatic carbocycles. The normalized spacial score (nSPS) is 15.4. The molecule has 1 aliphatic rings. The average molecular weight is 154 g/mol. The summed E-state index contributed by atoms with van der Waals surface area (Å²) in [6.45, 7) is 1.80. The lowest BCUT2D eigenvalue weighted by atomic mass is 10.5. The van der Waals surface area contributed by atoms with Crippen LogP contribution < -0.4 is 0 Å². The third kappa shape index (κ3) is 0.903. The number of nitrogens with zero attached hydrogens (tertiary/aromatic N) is 2. The molecule has 1 aliphatic heterocycles. The number of carbonyl (C=O) groups is 1. The van der Waals surface area contributed by atoms with Crippen molar-refractivity contribution in [3.05, 3.63) is 16.6 Å². The van der Waals surface area contributed by atoms with E-state index in [2.05, 4.69) is 4.98 Å². The van der Waals surface area contributed by atoms with E-state index in [-0.39, 0.29) is 5.91 Å². The van der Waals surface area contributed by atoms with Gasteiger partial charge in [0.05, 0.1) is 5.51 Å². The minimum atomic E-state index is 0.0706. The Morgan fingerprint density at radius 2 is 2.50 bits per heavy atom. The number of carbonyl (C=O) groups excluding carboxylic acids is 1. The van der Waals surface area contributed by atoms with Crippen LogP contribution in [0.15, 0.2) is 10.9 Å². The molecule has 1 saturated heterocycles. The first-order chi connectivity index (χ1) is 4.88. The second-order valence-electron chi connectivity index (χ2n) is 2.17. The van der Waals surface area contributed by atoms with E-state index in [1.54, 1.807) is 15.8 Å². The Morgan fingerprint density at radius 3 is 3.00 bits per heavy atom. The standard InChI is InChI=1S/C6H6N2OS/c9-6(8-1-2-8)5-3-10-4-7-5/h3-4H,1-2H2. The van der Waals surface area contributed by atoms with Crippen molar-refractivity contribution in [3.63, 3.8) is 0 Å². The highest BCUT2D eigenvalue weighted by Gasteiger charge is 2.26. The highest BCUT2D eigenvalue weighted by molar-refractivity contribution is 7.07. The molecule has 2 rings (SSSR count). The summed E-state index contributed by atoms with van der Waals surface area (Å²) in [5, 5.41) is 1.78. The molecule has 0 spiro atoms. The zero-order chi connectivity index (χ0) is 6.97. The topological polar surface area (TPSA) is 33.0 Å². The number of hydrogen-bond donors (Lipinski definition) is 0. The van der Waals surface area contributed by atoms with Crippen LogP contribution >= 0.6 is 11.3 Å². The summed E-state index contributed by atoms with van der Waals surface area (Å²) in [5.74, 6) is 0.0706. The highest BCUT2D eigenvalue weighted by atomic mass is 32.1. The Bertz CT molecular complexity index is 240. The van der Waals surface area contributed by atoms with Gasteiger partial charge in [0.1, 0.15) is 5.69 Å². The van der Waals surface area contributed by atoms with Gasteiger partial charge in [-0.25, -0.2) is 4.98 Å². The number of amides is 1. The molecular formula is C6H6N2OS. The molecule has 3 nitrogen and oxygen atoms in total. The van der Waals surface area contributed by atoms with Crippen LogP contribution in [0.1, 0.15) is 10.5 Å². The minimum absolute atomic E-state index is 0.0706. The fourth-order valence-corrected chi connectivity index (χ4v) is 1.26. The number of rotatable bonds is 1. The maximum absolute atomic E-state index is 11.1. The second kappa shape index (κ2) is 2.05. The lowest BCUT2D eigenvalue weighted by Crippen LogP contribution is -2.10. The predicted octanol–water partition coefficient (Wildman–Crippen LogP) is 0.599. The largest absolute Gasteiger partial charge is 0.334 e. The average Bonchev–Trinajstić information content (AvgIpc) is 2.65. The van der Waals surface area contributed by atoms with Gasteiger partial charge in [-0.1, -0.05) is 0 Å². The van der Waals surface area contributed by atoms with Gasteiger partial charge in [-0.05, 0) is 0 Å². The first kappa shape index (κ1) is 5.85. The summed E-state index contributed by atoms with van der Waals surface area (Å²) in [5.41, 5.74) is 2.26. The van der Waals surface area contributed by atoms with Crippen LogP contribution in [0.25, 0.3) is 0 Å². The summed E-state index contributed by atoms with van der Waals surface area (Å²) in [7, 11) is 0. The molecule has 0 aliphatic carbocycles. The van der Waals surface area contributed by atoms with Crippen LogP contribution in [0.4, 0.5) is 0 Å². The van der Waals surface area contributed by atoms with Gasteiger partial charge < -0.3 is 4.90 Å². The van der Waals surface area contributed by atoms with Crippen molar-refractivity contribution in [1.82, 2.24) is 9.88 Å². The summed E-state index contributed by atoms with van der Waals surface area (Å²) < 4.78 is 0. The molecule has 0 atom stereocenters. The first-order valence-corrected chi connectivity index (χ1v) is 3.99. The summed E-state index contributed by atoms with van der Waals surface area (Å²) in [6, 6.07) is 0. The molecular weight excluding hydrogens is 148 g/mol. The van der Waals surface area contributed by atoms with Crippen LogP contribution in [0.2, 0.25) is 0 Å². The third-order valence-corrected chi connectivity index (χ3v) is 1.97. The Labute approximate surface area is 62.3 Å². The second-order valence-corrected chi connectivity index (χ2v) is 2.88. The van der Waals surface area contributed by atoms with Crippen molar-refractivity contribution in [2.24, 2.45) is 0 Å². The molecule has 4 heteroatoms. The summed E-state index contributed by atoms with van der Waals surface area (Å²) in [4.78, 5) is 16.8. The molecule has 2 heterocycles. The molecule has 0 saturated carbocycles. The van der Waals surface area contributed by atoms with Crippen molar-refractivity contribution in [1.29, 1.82) is 0 Å². The van der Waals surface area contributed by atoms with E-state index in [0.717, 1.165) is 13.1 Å². The van der Waals surface area contributed by atoms with Gasteiger partial charge in [0, 0.05) is 18.5 Å². The Kier molecular flexibility index (Phi) is 1.20. The minimum Gasteiger partial charge on any atom is -0.334 e. The Morgan fingerprint density at radius 1 is 1.70 bits per heavy atom. The SMILES string of the molecule is O=C(c1cscn1)N1CC1. The molecule has 1 amide bonds.